The van der Waals surface area contributed by atoms with Gasteiger partial charge in [-0.25, -0.2) is 14.6 Å². The number of nitrogens with zero attached hydrogens (tertiary/aromatic N) is 5. The van der Waals surface area contributed by atoms with E-state index in [0.29, 0.717) is 15.2 Å². The molecule has 0 saturated heterocycles. The molecule has 0 aliphatic heterocycles. The molecule has 0 fully saturated rings. The van der Waals surface area contributed by atoms with Gasteiger partial charge in [0.15, 0.2) is 5.69 Å². The van der Waals surface area contributed by atoms with E-state index in [1.807, 2.05) is 36.4 Å². The Labute approximate surface area is 130 Å². The number of hydrogen-bond acceptors (Lipinski definition) is 5. The maximum Gasteiger partial charge on any atom is 0.215 e. The Balaban J connectivity index is 1.84. The Morgan fingerprint density at radius 2 is 1.95 bits per heavy atom. The molecule has 2 aromatic heterocycles. The van der Waals surface area contributed by atoms with E-state index in [9.17, 15) is 0 Å². The van der Waals surface area contributed by atoms with Crippen LogP contribution in [0.25, 0.3) is 5.69 Å². The van der Waals surface area contributed by atoms with Crippen molar-refractivity contribution < 1.29 is 0 Å². The van der Waals surface area contributed by atoms with Gasteiger partial charge in [0.25, 0.3) is 0 Å². The molecule has 21 heavy (non-hydrogen) atoms. The van der Waals surface area contributed by atoms with Crippen LogP contribution in [0.4, 0.5) is 0 Å². The van der Waals surface area contributed by atoms with Crippen molar-refractivity contribution in [2.45, 2.75) is 10.2 Å². The van der Waals surface area contributed by atoms with Crippen molar-refractivity contribution in [3.8, 4) is 11.8 Å². The molecule has 0 unspecified atom stereocenters. The van der Waals surface area contributed by atoms with Gasteiger partial charge in [0.05, 0.1) is 10.7 Å². The Kier molecular flexibility index (Phi) is 3.86. The molecular formula is C14H8ClN5S. The van der Waals surface area contributed by atoms with E-state index in [1.54, 1.807) is 23.1 Å². The summed E-state index contributed by atoms with van der Waals surface area (Å²) < 4.78 is 1.68. The topological polar surface area (TPSA) is 67.4 Å². The second-order valence-electron chi connectivity index (χ2n) is 4.00. The SMILES string of the molecule is N#Cc1nc(Sc2ncn(-c3ccccc3)n2)ccc1Cl. The summed E-state index contributed by atoms with van der Waals surface area (Å²) >= 11 is 7.13. The number of pyridine rings is 1. The van der Waals surface area contributed by atoms with Crippen LogP contribution in [0.2, 0.25) is 5.02 Å². The summed E-state index contributed by atoms with van der Waals surface area (Å²) in [6.45, 7) is 0. The number of aromatic nitrogens is 4. The number of nitriles is 1. The van der Waals surface area contributed by atoms with Gasteiger partial charge in [-0.15, -0.1) is 5.10 Å². The fraction of sp³-hybridized carbons (Fsp3) is 0. The first-order valence-corrected chi connectivity index (χ1v) is 7.17. The fourth-order valence-electron chi connectivity index (χ4n) is 1.65. The number of halogens is 1. The van der Waals surface area contributed by atoms with Gasteiger partial charge in [0, 0.05) is 0 Å². The van der Waals surface area contributed by atoms with Crippen LogP contribution < -0.4 is 0 Å². The maximum atomic E-state index is 8.92. The van der Waals surface area contributed by atoms with Crippen molar-refractivity contribution in [1.29, 1.82) is 5.26 Å². The number of rotatable bonds is 3. The smallest absolute Gasteiger partial charge is 0.215 e. The summed E-state index contributed by atoms with van der Waals surface area (Å²) in [5.41, 5.74) is 1.13. The summed E-state index contributed by atoms with van der Waals surface area (Å²) in [5.74, 6) is 0. The lowest BCUT2D eigenvalue weighted by Gasteiger charge is -1.99. The normalized spacial score (nSPS) is 10.3. The van der Waals surface area contributed by atoms with Crippen LogP contribution in [0.15, 0.2) is 59.0 Å². The van der Waals surface area contributed by atoms with Gasteiger partial charge >= 0.3 is 0 Å². The molecule has 3 rings (SSSR count). The number of benzene rings is 1. The summed E-state index contributed by atoms with van der Waals surface area (Å²) in [4.78, 5) is 8.37. The van der Waals surface area contributed by atoms with Gasteiger partial charge in [0.1, 0.15) is 17.4 Å². The van der Waals surface area contributed by atoms with Crippen molar-refractivity contribution in [1.82, 2.24) is 19.7 Å². The largest absolute Gasteiger partial charge is 0.229 e. The predicted molar refractivity (Wildman–Crippen MR) is 79.4 cm³/mol. The summed E-state index contributed by atoms with van der Waals surface area (Å²) in [5, 5.41) is 14.8. The first kappa shape index (κ1) is 13.6. The second kappa shape index (κ2) is 5.95. The Morgan fingerprint density at radius 1 is 1.14 bits per heavy atom. The highest BCUT2D eigenvalue weighted by Gasteiger charge is 2.08. The molecule has 7 heteroatoms. The molecule has 1 aromatic carbocycles. The highest BCUT2D eigenvalue weighted by Crippen LogP contribution is 2.25. The van der Waals surface area contributed by atoms with E-state index in [0.717, 1.165) is 5.69 Å². The van der Waals surface area contributed by atoms with Gasteiger partial charge in [-0.3, -0.25) is 0 Å². The Morgan fingerprint density at radius 3 is 2.71 bits per heavy atom. The van der Waals surface area contributed by atoms with Crippen LogP contribution in [0, 0.1) is 11.3 Å². The molecule has 5 nitrogen and oxygen atoms in total. The van der Waals surface area contributed by atoms with Crippen molar-refractivity contribution in [2.75, 3.05) is 0 Å². The van der Waals surface area contributed by atoms with Crippen LogP contribution in [0.5, 0.6) is 0 Å². The zero-order valence-electron chi connectivity index (χ0n) is 10.6. The van der Waals surface area contributed by atoms with Crippen LogP contribution in [-0.2, 0) is 0 Å². The fourth-order valence-corrected chi connectivity index (χ4v) is 2.49. The van der Waals surface area contributed by atoms with E-state index in [1.165, 1.54) is 11.8 Å². The van der Waals surface area contributed by atoms with E-state index < -0.39 is 0 Å². The lowest BCUT2D eigenvalue weighted by atomic mass is 10.3. The van der Waals surface area contributed by atoms with Crippen LogP contribution in [-0.4, -0.2) is 19.7 Å². The van der Waals surface area contributed by atoms with Crippen LogP contribution in [0.3, 0.4) is 0 Å². The molecule has 0 bridgehead atoms. The molecule has 0 radical (unpaired) electrons. The third-order valence-corrected chi connectivity index (χ3v) is 3.72. The van der Waals surface area contributed by atoms with Gasteiger partial charge in [0.2, 0.25) is 5.16 Å². The molecular weight excluding hydrogens is 306 g/mol. The average molecular weight is 314 g/mol. The third-order valence-electron chi connectivity index (χ3n) is 2.61. The number of para-hydroxylation sites is 1. The van der Waals surface area contributed by atoms with Gasteiger partial charge in [-0.2, -0.15) is 5.26 Å². The van der Waals surface area contributed by atoms with Gasteiger partial charge in [-0.1, -0.05) is 29.8 Å². The zero-order valence-corrected chi connectivity index (χ0v) is 12.2. The maximum absolute atomic E-state index is 8.92. The lowest BCUT2D eigenvalue weighted by molar-refractivity contribution is 0.833. The van der Waals surface area contributed by atoms with Crippen molar-refractivity contribution >= 4 is 23.4 Å². The zero-order chi connectivity index (χ0) is 14.7. The Bertz CT molecular complexity index is 810. The van der Waals surface area contributed by atoms with E-state index >= 15 is 0 Å². The van der Waals surface area contributed by atoms with Gasteiger partial charge < -0.3 is 0 Å². The van der Waals surface area contributed by atoms with E-state index in [2.05, 4.69) is 15.1 Å². The third kappa shape index (κ3) is 3.05. The van der Waals surface area contributed by atoms with Crippen molar-refractivity contribution in [2.24, 2.45) is 0 Å². The summed E-state index contributed by atoms with van der Waals surface area (Å²) in [6, 6.07) is 15.0. The first-order chi connectivity index (χ1) is 10.3. The minimum absolute atomic E-state index is 0.198. The molecule has 3 aromatic rings. The molecule has 102 valence electrons. The quantitative estimate of drug-likeness (QED) is 0.742. The molecule has 0 aliphatic carbocycles. The molecule has 0 aliphatic rings. The molecule has 0 amide bonds. The predicted octanol–water partition coefficient (Wildman–Crippen LogP) is 3.34. The number of hydrogen-bond donors (Lipinski definition) is 0. The van der Waals surface area contributed by atoms with E-state index in [-0.39, 0.29) is 5.69 Å². The lowest BCUT2D eigenvalue weighted by Crippen LogP contribution is -1.94. The minimum atomic E-state index is 0.198. The van der Waals surface area contributed by atoms with Crippen LogP contribution >= 0.6 is 23.4 Å². The average Bonchev–Trinajstić information content (AvgIpc) is 2.98. The highest BCUT2D eigenvalue weighted by molar-refractivity contribution is 7.99. The molecule has 0 spiro atoms. The monoisotopic (exact) mass is 313 g/mol. The van der Waals surface area contributed by atoms with Crippen LogP contribution in [0.1, 0.15) is 5.69 Å². The Hall–Kier alpha value is -2.36. The molecule has 2 heterocycles. The minimum Gasteiger partial charge on any atom is -0.229 e. The molecule has 0 atom stereocenters. The molecule has 0 saturated carbocycles. The van der Waals surface area contributed by atoms with Crippen molar-refractivity contribution in [3.05, 3.63) is 59.5 Å². The van der Waals surface area contributed by atoms with Gasteiger partial charge in [-0.05, 0) is 36.0 Å². The van der Waals surface area contributed by atoms with Crippen molar-refractivity contribution in [3.63, 3.8) is 0 Å². The van der Waals surface area contributed by atoms with E-state index in [4.69, 9.17) is 16.9 Å². The summed E-state index contributed by atoms with van der Waals surface area (Å²) in [7, 11) is 0. The molecule has 0 N–H and O–H groups in total. The summed E-state index contributed by atoms with van der Waals surface area (Å²) in [6.07, 6.45) is 1.64. The highest BCUT2D eigenvalue weighted by atomic mass is 35.5. The second-order valence-corrected chi connectivity index (χ2v) is 5.40. The first-order valence-electron chi connectivity index (χ1n) is 5.98. The standard InChI is InChI=1S/C14H8ClN5S/c15-11-6-7-13(18-12(11)8-16)21-14-17-9-20(19-14)10-4-2-1-3-5-10/h1-7,9H.